The Morgan fingerprint density at radius 3 is 2.55 bits per heavy atom. The summed E-state index contributed by atoms with van der Waals surface area (Å²) in [6, 6.07) is 14.4. The summed E-state index contributed by atoms with van der Waals surface area (Å²) in [6.07, 6.45) is 2.81. The average Bonchev–Trinajstić information content (AvgIpc) is 3.07. The zero-order valence-electron chi connectivity index (χ0n) is 11.5. The summed E-state index contributed by atoms with van der Waals surface area (Å²) in [4.78, 5) is 15.3. The normalized spacial score (nSPS) is 9.82. The maximum Gasteiger partial charge on any atom is 0.337 e. The molecule has 0 atom stereocenters. The van der Waals surface area contributed by atoms with E-state index in [1.54, 1.807) is 12.1 Å². The minimum absolute atomic E-state index is 0.130. The molecule has 0 saturated heterocycles. The van der Waals surface area contributed by atoms with Gasteiger partial charge in [-0.05, 0) is 24.3 Å². The van der Waals surface area contributed by atoms with Gasteiger partial charge in [0.05, 0.1) is 16.8 Å². The van der Waals surface area contributed by atoms with Crippen LogP contribution in [-0.2, 0) is 0 Å². The molecule has 0 fully saturated rings. The van der Waals surface area contributed by atoms with Crippen LogP contribution < -0.4 is 0 Å². The third-order valence-electron chi connectivity index (χ3n) is 3.03. The van der Waals surface area contributed by atoms with Crippen molar-refractivity contribution in [2.45, 2.75) is 0 Å². The Kier molecular flexibility index (Phi) is 3.67. The molecule has 0 saturated carbocycles. The molecule has 1 N–H and O–H groups in total. The second kappa shape index (κ2) is 5.94. The van der Waals surface area contributed by atoms with Crippen molar-refractivity contribution in [3.05, 3.63) is 77.9 Å². The summed E-state index contributed by atoms with van der Waals surface area (Å²) in [7, 11) is 0. The molecule has 0 aliphatic heterocycles. The summed E-state index contributed by atoms with van der Waals surface area (Å²) in [5, 5.41) is 13.4. The summed E-state index contributed by atoms with van der Waals surface area (Å²) < 4.78 is 1.42. The first-order valence-electron chi connectivity index (χ1n) is 6.54. The number of benzene rings is 2. The van der Waals surface area contributed by atoms with Crippen LogP contribution in [0.5, 0.6) is 0 Å². The second-order valence-corrected chi connectivity index (χ2v) is 4.46. The maximum absolute atomic E-state index is 11.4. The van der Waals surface area contributed by atoms with Gasteiger partial charge in [-0.15, -0.1) is 0 Å². The molecule has 3 aromatic rings. The van der Waals surface area contributed by atoms with E-state index in [2.05, 4.69) is 21.9 Å². The van der Waals surface area contributed by atoms with Crippen molar-refractivity contribution < 1.29 is 9.90 Å². The zero-order chi connectivity index (χ0) is 15.4. The van der Waals surface area contributed by atoms with Crippen molar-refractivity contribution in [2.75, 3.05) is 0 Å². The van der Waals surface area contributed by atoms with Crippen LogP contribution in [0.25, 0.3) is 5.69 Å². The lowest BCUT2D eigenvalue weighted by Gasteiger charge is -2.07. The molecule has 0 amide bonds. The fourth-order valence-electron chi connectivity index (χ4n) is 2.05. The maximum atomic E-state index is 11.4. The topological polar surface area (TPSA) is 68.0 Å². The number of hydrogen-bond acceptors (Lipinski definition) is 3. The number of carboxylic acids is 1. The number of hydrogen-bond donors (Lipinski definition) is 1. The van der Waals surface area contributed by atoms with Gasteiger partial charge in [-0.2, -0.15) is 5.10 Å². The van der Waals surface area contributed by atoms with Crippen LogP contribution in [0.1, 0.15) is 21.5 Å². The van der Waals surface area contributed by atoms with Crippen LogP contribution in [0.3, 0.4) is 0 Å². The van der Waals surface area contributed by atoms with Gasteiger partial charge >= 0.3 is 5.97 Å². The molecular weight excluding hydrogens is 278 g/mol. The molecule has 106 valence electrons. The van der Waals surface area contributed by atoms with Gasteiger partial charge in [0, 0.05) is 5.56 Å². The molecule has 0 bridgehead atoms. The smallest absolute Gasteiger partial charge is 0.337 e. The van der Waals surface area contributed by atoms with Gasteiger partial charge < -0.3 is 5.11 Å². The molecule has 0 unspecified atom stereocenters. The Labute approximate surface area is 126 Å². The Bertz CT molecular complexity index is 860. The fraction of sp³-hybridized carbons (Fsp3) is 0. The molecule has 0 aliphatic carbocycles. The summed E-state index contributed by atoms with van der Waals surface area (Å²) in [5.41, 5.74) is 1.98. The molecule has 22 heavy (non-hydrogen) atoms. The van der Waals surface area contributed by atoms with Crippen molar-refractivity contribution >= 4 is 5.97 Å². The number of carbonyl (C=O) groups is 1. The van der Waals surface area contributed by atoms with Crippen LogP contribution >= 0.6 is 0 Å². The average molecular weight is 289 g/mol. The Morgan fingerprint density at radius 1 is 1.05 bits per heavy atom. The highest BCUT2D eigenvalue weighted by atomic mass is 16.4. The molecular formula is C17H11N3O2. The van der Waals surface area contributed by atoms with Crippen LogP contribution in [-0.4, -0.2) is 25.8 Å². The lowest BCUT2D eigenvalue weighted by molar-refractivity contribution is 0.0696. The van der Waals surface area contributed by atoms with E-state index in [1.165, 1.54) is 23.4 Å². The third-order valence-corrected chi connectivity index (χ3v) is 3.03. The van der Waals surface area contributed by atoms with E-state index in [-0.39, 0.29) is 5.56 Å². The molecule has 5 nitrogen and oxygen atoms in total. The third kappa shape index (κ3) is 2.72. The highest BCUT2D eigenvalue weighted by molar-refractivity contribution is 5.93. The highest BCUT2D eigenvalue weighted by Gasteiger charge is 2.15. The Balaban J connectivity index is 2.15. The predicted molar refractivity (Wildman–Crippen MR) is 80.7 cm³/mol. The van der Waals surface area contributed by atoms with E-state index in [0.29, 0.717) is 11.3 Å². The van der Waals surface area contributed by atoms with E-state index in [0.717, 1.165) is 5.56 Å². The first-order chi connectivity index (χ1) is 10.8. The van der Waals surface area contributed by atoms with Crippen molar-refractivity contribution in [1.82, 2.24) is 14.8 Å². The molecule has 5 heteroatoms. The quantitative estimate of drug-likeness (QED) is 0.735. The Hall–Kier alpha value is -3.39. The van der Waals surface area contributed by atoms with Crippen LogP contribution in [0, 0.1) is 11.8 Å². The second-order valence-electron chi connectivity index (χ2n) is 4.46. The van der Waals surface area contributed by atoms with Crippen molar-refractivity contribution in [3.8, 4) is 17.5 Å². The van der Waals surface area contributed by atoms with Crippen LogP contribution in [0.2, 0.25) is 0 Å². The van der Waals surface area contributed by atoms with Gasteiger partial charge in [0.1, 0.15) is 12.7 Å². The van der Waals surface area contributed by atoms with Crippen LogP contribution in [0.15, 0.2) is 61.2 Å². The zero-order valence-corrected chi connectivity index (χ0v) is 11.5. The van der Waals surface area contributed by atoms with E-state index in [9.17, 15) is 9.90 Å². The monoisotopic (exact) mass is 289 g/mol. The number of aromatic carboxylic acids is 1. The van der Waals surface area contributed by atoms with Gasteiger partial charge in [-0.3, -0.25) is 0 Å². The van der Waals surface area contributed by atoms with E-state index < -0.39 is 5.97 Å². The number of para-hydroxylation sites is 1. The van der Waals surface area contributed by atoms with Gasteiger partial charge in [-0.1, -0.05) is 36.1 Å². The summed E-state index contributed by atoms with van der Waals surface area (Å²) in [5.74, 6) is 5.00. The number of aromatic nitrogens is 3. The van der Waals surface area contributed by atoms with Crippen molar-refractivity contribution in [3.63, 3.8) is 0 Å². The van der Waals surface area contributed by atoms with Gasteiger partial charge in [0.2, 0.25) is 0 Å². The minimum Gasteiger partial charge on any atom is -0.478 e. The first-order valence-corrected chi connectivity index (χ1v) is 6.54. The van der Waals surface area contributed by atoms with E-state index in [1.807, 2.05) is 30.3 Å². The SMILES string of the molecule is O=C(O)c1cccc(C#Cc2ccccc2)c1-n1cncn1. The molecule has 3 rings (SSSR count). The van der Waals surface area contributed by atoms with Crippen LogP contribution in [0.4, 0.5) is 0 Å². The van der Waals surface area contributed by atoms with E-state index >= 15 is 0 Å². The van der Waals surface area contributed by atoms with Crippen molar-refractivity contribution in [1.29, 1.82) is 0 Å². The number of nitrogens with zero attached hydrogens (tertiary/aromatic N) is 3. The fourth-order valence-corrected chi connectivity index (χ4v) is 2.05. The highest BCUT2D eigenvalue weighted by Crippen LogP contribution is 2.18. The summed E-state index contributed by atoms with van der Waals surface area (Å²) >= 11 is 0. The lowest BCUT2D eigenvalue weighted by atomic mass is 10.1. The van der Waals surface area contributed by atoms with Gasteiger partial charge in [-0.25, -0.2) is 14.5 Å². The standard InChI is InChI=1S/C17H11N3O2/c21-17(22)15-8-4-7-14(16(15)20-12-18-11-19-20)10-9-13-5-2-1-3-6-13/h1-8,11-12H,(H,21,22). The van der Waals surface area contributed by atoms with Crippen molar-refractivity contribution in [2.24, 2.45) is 0 Å². The first kappa shape index (κ1) is 13.6. The molecule has 1 heterocycles. The molecule has 0 radical (unpaired) electrons. The lowest BCUT2D eigenvalue weighted by Crippen LogP contribution is -2.08. The molecule has 0 spiro atoms. The summed E-state index contributed by atoms with van der Waals surface area (Å²) in [6.45, 7) is 0. The van der Waals surface area contributed by atoms with E-state index in [4.69, 9.17) is 0 Å². The Morgan fingerprint density at radius 2 is 1.86 bits per heavy atom. The number of rotatable bonds is 2. The number of carboxylic acid groups (broad SMARTS) is 1. The largest absolute Gasteiger partial charge is 0.478 e. The predicted octanol–water partition coefficient (Wildman–Crippen LogP) is 2.37. The van der Waals surface area contributed by atoms with Gasteiger partial charge in [0.15, 0.2) is 0 Å². The molecule has 1 aromatic heterocycles. The minimum atomic E-state index is -1.03. The molecule has 0 aliphatic rings. The molecule has 2 aromatic carbocycles. The van der Waals surface area contributed by atoms with Gasteiger partial charge in [0.25, 0.3) is 0 Å².